The van der Waals surface area contributed by atoms with Crippen LogP contribution in [0, 0.1) is 5.41 Å². The second kappa shape index (κ2) is 7.96. The number of nitrogens with zero attached hydrogens (tertiary/aromatic N) is 2. The van der Waals surface area contributed by atoms with Gasteiger partial charge in [-0.1, -0.05) is 36.4 Å². The summed E-state index contributed by atoms with van der Waals surface area (Å²) in [6.45, 7) is 6.46. The molecule has 172 valence electrons. The number of halogens is 3. The average molecular weight is 454 g/mol. The van der Waals surface area contributed by atoms with E-state index in [0.29, 0.717) is 11.0 Å². The summed E-state index contributed by atoms with van der Waals surface area (Å²) in [6.07, 6.45) is 1.53. The molecule has 6 rings (SSSR count). The van der Waals surface area contributed by atoms with Crippen LogP contribution in [0.2, 0.25) is 0 Å². The number of hydrogen-bond acceptors (Lipinski definition) is 2. The van der Waals surface area contributed by atoms with Crippen molar-refractivity contribution in [1.29, 1.82) is 0 Å². The fraction of sp³-hybridized carbons (Fsp3) is 0.370. The van der Waals surface area contributed by atoms with Gasteiger partial charge in [0.25, 0.3) is 0 Å². The zero-order valence-corrected chi connectivity index (χ0v) is 18.4. The van der Waals surface area contributed by atoms with E-state index in [9.17, 15) is 18.3 Å². The van der Waals surface area contributed by atoms with Gasteiger partial charge in [-0.15, -0.1) is 6.58 Å². The fourth-order valence-corrected chi connectivity index (χ4v) is 5.99. The molecule has 0 saturated carbocycles. The van der Waals surface area contributed by atoms with Crippen molar-refractivity contribution in [3.05, 3.63) is 90.1 Å². The molecule has 3 saturated heterocycles. The summed E-state index contributed by atoms with van der Waals surface area (Å²) in [6, 6.07) is 15.1. The normalized spacial score (nSPS) is 28.1. The Hall–Kier alpha value is -2.70. The number of aromatic nitrogens is 1. The van der Waals surface area contributed by atoms with E-state index in [1.807, 2.05) is 30.3 Å². The van der Waals surface area contributed by atoms with Gasteiger partial charge in [-0.25, -0.2) is 0 Å². The van der Waals surface area contributed by atoms with Gasteiger partial charge >= 0.3 is 6.18 Å². The van der Waals surface area contributed by atoms with Gasteiger partial charge in [0.15, 0.2) is 0 Å². The molecule has 4 heterocycles. The Labute approximate surface area is 191 Å². The van der Waals surface area contributed by atoms with E-state index in [2.05, 4.69) is 17.6 Å². The predicted molar refractivity (Wildman–Crippen MR) is 122 cm³/mol. The van der Waals surface area contributed by atoms with Crippen molar-refractivity contribution in [2.24, 2.45) is 5.41 Å². The third kappa shape index (κ3) is 3.85. The first-order valence-corrected chi connectivity index (χ1v) is 11.4. The van der Waals surface area contributed by atoms with E-state index in [4.69, 9.17) is 0 Å². The Morgan fingerprint density at radius 1 is 1.09 bits per heavy atom. The number of piperidine rings is 3. The number of rotatable bonds is 5. The summed E-state index contributed by atoms with van der Waals surface area (Å²) in [5.41, 5.74) is 1.95. The van der Waals surface area contributed by atoms with Crippen molar-refractivity contribution in [1.82, 2.24) is 4.98 Å². The van der Waals surface area contributed by atoms with Crippen molar-refractivity contribution in [3.8, 4) is 0 Å². The molecule has 3 nitrogen and oxygen atoms in total. The largest absolute Gasteiger partial charge is 0.416 e. The van der Waals surface area contributed by atoms with Crippen LogP contribution < -0.4 is 0 Å². The second-order valence-electron chi connectivity index (χ2n) is 9.72. The fourth-order valence-electron chi connectivity index (χ4n) is 5.99. The number of aliphatic hydroxyl groups is 1. The zero-order valence-electron chi connectivity index (χ0n) is 18.4. The molecule has 0 amide bonds. The number of quaternary nitrogens is 1. The Morgan fingerprint density at radius 3 is 2.45 bits per heavy atom. The number of hydrogen-bond donors (Lipinski definition) is 1. The minimum absolute atomic E-state index is 0.00855. The van der Waals surface area contributed by atoms with Crippen LogP contribution in [-0.2, 0) is 12.7 Å². The summed E-state index contributed by atoms with van der Waals surface area (Å²) < 4.78 is 39.8. The van der Waals surface area contributed by atoms with E-state index in [0.717, 1.165) is 66.5 Å². The standard InChI is InChI=1S/C27H28F3N2O/c1-2-26-12-15-32(16-13-26,18-19-7-9-20(10-8-19)27(28,29)30)24(17-26)25(33)22-11-14-31-23-6-4-3-5-21(22)23/h2-11,14,24-25,33H,1,12-13,15-18H2/q+1/t24?,25-,26?,32?/m0/s1. The summed E-state index contributed by atoms with van der Waals surface area (Å²) >= 11 is 0. The van der Waals surface area contributed by atoms with Gasteiger partial charge in [-0.3, -0.25) is 4.98 Å². The van der Waals surface area contributed by atoms with Crippen LogP contribution >= 0.6 is 0 Å². The number of alkyl halides is 3. The Morgan fingerprint density at radius 2 is 1.79 bits per heavy atom. The predicted octanol–water partition coefficient (Wildman–Crippen LogP) is 6.04. The maximum absolute atomic E-state index is 13.0. The van der Waals surface area contributed by atoms with E-state index >= 15 is 0 Å². The van der Waals surface area contributed by atoms with Gasteiger partial charge in [-0.2, -0.15) is 13.2 Å². The molecule has 3 aromatic rings. The van der Waals surface area contributed by atoms with Gasteiger partial charge in [-0.05, 0) is 29.8 Å². The van der Waals surface area contributed by atoms with Gasteiger partial charge in [0.1, 0.15) is 18.7 Å². The molecule has 0 radical (unpaired) electrons. The molecule has 3 fully saturated rings. The van der Waals surface area contributed by atoms with Crippen LogP contribution in [-0.4, -0.2) is 33.7 Å². The first kappa shape index (κ1) is 22.1. The number of benzene rings is 2. The van der Waals surface area contributed by atoms with Crippen LogP contribution in [0.25, 0.3) is 10.9 Å². The maximum atomic E-state index is 13.0. The Balaban J connectivity index is 1.52. The minimum Gasteiger partial charge on any atom is -0.382 e. The van der Waals surface area contributed by atoms with E-state index in [1.54, 1.807) is 18.3 Å². The third-order valence-electron chi connectivity index (χ3n) is 8.01. The average Bonchev–Trinajstić information content (AvgIpc) is 2.83. The summed E-state index contributed by atoms with van der Waals surface area (Å²) in [7, 11) is 0. The smallest absolute Gasteiger partial charge is 0.382 e. The summed E-state index contributed by atoms with van der Waals surface area (Å²) in [5.74, 6) is 0. The van der Waals surface area contributed by atoms with E-state index in [-0.39, 0.29) is 11.5 Å². The molecule has 33 heavy (non-hydrogen) atoms. The molecule has 2 atom stereocenters. The Bertz CT molecular complexity index is 1160. The second-order valence-corrected chi connectivity index (χ2v) is 9.72. The molecule has 0 spiro atoms. The first-order valence-electron chi connectivity index (χ1n) is 11.4. The van der Waals surface area contributed by atoms with Crippen molar-refractivity contribution in [2.75, 3.05) is 13.1 Å². The lowest BCUT2D eigenvalue weighted by Crippen LogP contribution is -2.67. The molecule has 6 heteroatoms. The molecule has 1 unspecified atom stereocenters. The van der Waals surface area contributed by atoms with E-state index in [1.165, 1.54) is 0 Å². The number of aliphatic hydroxyl groups excluding tert-OH is 1. The summed E-state index contributed by atoms with van der Waals surface area (Å²) in [4.78, 5) is 4.44. The third-order valence-corrected chi connectivity index (χ3v) is 8.01. The molecule has 3 aliphatic rings. The number of fused-ring (bicyclic) bond motifs is 4. The highest BCUT2D eigenvalue weighted by Gasteiger charge is 2.56. The lowest BCUT2D eigenvalue weighted by molar-refractivity contribution is -0.983. The molecular weight excluding hydrogens is 425 g/mol. The van der Waals surface area contributed by atoms with Crippen molar-refractivity contribution < 1.29 is 22.8 Å². The van der Waals surface area contributed by atoms with Crippen LogP contribution in [0.4, 0.5) is 13.2 Å². The molecular formula is C27H28F3N2O+. The number of allylic oxidation sites excluding steroid dienone is 1. The van der Waals surface area contributed by atoms with E-state index < -0.39 is 17.8 Å². The molecule has 1 aromatic heterocycles. The van der Waals surface area contributed by atoms with Gasteiger partial charge in [0, 0.05) is 41.8 Å². The minimum atomic E-state index is -4.34. The van der Waals surface area contributed by atoms with Crippen LogP contribution in [0.5, 0.6) is 0 Å². The summed E-state index contributed by atoms with van der Waals surface area (Å²) in [5, 5.41) is 12.7. The molecule has 1 N–H and O–H groups in total. The lowest BCUT2D eigenvalue weighted by Gasteiger charge is -2.59. The maximum Gasteiger partial charge on any atom is 0.416 e. The molecule has 2 bridgehead atoms. The highest BCUT2D eigenvalue weighted by Crippen LogP contribution is 2.52. The van der Waals surface area contributed by atoms with Crippen LogP contribution in [0.15, 0.2) is 73.4 Å². The van der Waals surface area contributed by atoms with Crippen molar-refractivity contribution in [2.45, 2.75) is 44.1 Å². The van der Waals surface area contributed by atoms with Gasteiger partial charge in [0.05, 0.1) is 24.2 Å². The number of pyridine rings is 1. The highest BCUT2D eigenvalue weighted by molar-refractivity contribution is 5.82. The topological polar surface area (TPSA) is 33.1 Å². The SMILES string of the molecule is C=CC12CC[N+](Cc3ccc(C(F)(F)F)cc3)(CC1)C([C@@H](O)c1ccnc3ccccc13)C2. The zero-order chi connectivity index (χ0) is 23.3. The van der Waals surface area contributed by atoms with Gasteiger partial charge in [0.2, 0.25) is 0 Å². The highest BCUT2D eigenvalue weighted by atomic mass is 19.4. The first-order chi connectivity index (χ1) is 15.8. The quantitative estimate of drug-likeness (QED) is 0.377. The van der Waals surface area contributed by atoms with Crippen molar-refractivity contribution in [3.63, 3.8) is 0 Å². The van der Waals surface area contributed by atoms with Crippen molar-refractivity contribution >= 4 is 10.9 Å². The number of para-hydroxylation sites is 1. The van der Waals surface area contributed by atoms with Crippen LogP contribution in [0.1, 0.15) is 42.1 Å². The van der Waals surface area contributed by atoms with Gasteiger partial charge < -0.3 is 9.59 Å². The Kier molecular flexibility index (Phi) is 5.33. The molecule has 3 aliphatic heterocycles. The van der Waals surface area contributed by atoms with Crippen LogP contribution in [0.3, 0.4) is 0 Å². The lowest BCUT2D eigenvalue weighted by atomic mass is 9.65. The molecule has 2 aromatic carbocycles. The molecule has 0 aliphatic carbocycles. The monoisotopic (exact) mass is 453 g/mol.